The van der Waals surface area contributed by atoms with E-state index in [-0.39, 0.29) is 12.8 Å². The van der Waals surface area contributed by atoms with E-state index in [9.17, 15) is 14.4 Å². The van der Waals surface area contributed by atoms with Gasteiger partial charge in [0.2, 0.25) is 12.8 Å². The summed E-state index contributed by atoms with van der Waals surface area (Å²) >= 11 is 0. The first-order chi connectivity index (χ1) is 5.72. The molecular weight excluding hydrogens is 168 g/mol. The van der Waals surface area contributed by atoms with E-state index in [0.717, 1.165) is 0 Å². The molecule has 0 aliphatic rings. The van der Waals surface area contributed by atoms with Crippen molar-refractivity contribution < 1.29 is 19.5 Å². The van der Waals surface area contributed by atoms with Gasteiger partial charge in [-0.2, -0.15) is 0 Å². The van der Waals surface area contributed by atoms with Crippen LogP contribution in [0, 0.1) is 0 Å². The first-order valence-electron chi connectivity index (χ1n) is 2.84. The second kappa shape index (κ2) is 6.07. The molecule has 0 aliphatic carbocycles. The molecule has 0 bridgehead atoms. The van der Waals surface area contributed by atoms with Crippen LogP contribution in [0.15, 0.2) is 0 Å². The minimum absolute atomic E-state index is 0.262. The Kier molecular flexibility index (Phi) is 5.22. The van der Waals surface area contributed by atoms with Crippen LogP contribution in [-0.4, -0.2) is 30.1 Å². The number of carboxylic acid groups (broad SMARTS) is 1. The van der Waals surface area contributed by atoms with Gasteiger partial charge in [-0.05, 0) is 0 Å². The van der Waals surface area contributed by atoms with Gasteiger partial charge in [0.1, 0.15) is 0 Å². The molecule has 68 valence electrons. The molecule has 0 saturated carbocycles. The van der Waals surface area contributed by atoms with Gasteiger partial charge in [0.15, 0.2) is 6.17 Å². The summed E-state index contributed by atoms with van der Waals surface area (Å²) in [6, 6.07) is 0. The fourth-order valence-electron chi connectivity index (χ4n) is 0.394. The molecule has 0 aliphatic heterocycles. The lowest BCUT2D eigenvalue weighted by atomic mass is 10.5. The summed E-state index contributed by atoms with van der Waals surface area (Å²) in [4.78, 5) is 29.7. The lowest BCUT2D eigenvalue weighted by Gasteiger charge is -2.13. The van der Waals surface area contributed by atoms with E-state index >= 15 is 0 Å². The number of nitrogens with one attached hydrogen (secondary N) is 4. The van der Waals surface area contributed by atoms with Gasteiger partial charge in [-0.25, -0.2) is 15.6 Å². The predicted molar refractivity (Wildman–Crippen MR) is 36.1 cm³/mol. The highest BCUT2D eigenvalue weighted by Gasteiger charge is 2.14. The monoisotopic (exact) mass is 176 g/mol. The van der Waals surface area contributed by atoms with Crippen LogP contribution in [-0.2, 0) is 14.4 Å². The van der Waals surface area contributed by atoms with Crippen LogP contribution in [0.1, 0.15) is 0 Å². The number of carboxylic acids is 1. The molecule has 8 heteroatoms. The summed E-state index contributed by atoms with van der Waals surface area (Å²) in [5, 5.41) is 8.39. The molecule has 0 unspecified atom stereocenters. The third-order valence-corrected chi connectivity index (χ3v) is 0.820. The van der Waals surface area contributed by atoms with Gasteiger partial charge in [0.05, 0.1) is 0 Å². The number of rotatable bonds is 7. The van der Waals surface area contributed by atoms with Crippen molar-refractivity contribution in [1.29, 1.82) is 0 Å². The van der Waals surface area contributed by atoms with Crippen LogP contribution in [0.25, 0.3) is 0 Å². The molecule has 2 amide bonds. The highest BCUT2D eigenvalue weighted by molar-refractivity contribution is 5.73. The van der Waals surface area contributed by atoms with Gasteiger partial charge >= 0.3 is 5.97 Å². The molecule has 0 heterocycles. The number of hydrazine groups is 2. The number of hydrogen-bond acceptors (Lipinski definition) is 5. The largest absolute Gasteiger partial charge is 0.479 e. The minimum atomic E-state index is -1.28. The van der Waals surface area contributed by atoms with Crippen LogP contribution >= 0.6 is 0 Å². The molecule has 0 atom stereocenters. The standard InChI is InChI=1S/C4H8N4O4/c9-1-5-7-3(4(11)12)8-6-2-10/h1-3,7-8H,(H,5,9)(H,6,10)(H,11,12). The van der Waals surface area contributed by atoms with Gasteiger partial charge in [-0.15, -0.1) is 0 Å². The van der Waals surface area contributed by atoms with E-state index in [1.54, 1.807) is 0 Å². The van der Waals surface area contributed by atoms with E-state index in [1.165, 1.54) is 0 Å². The molecule has 0 rings (SSSR count). The molecule has 0 radical (unpaired) electrons. The molecule has 0 aromatic heterocycles. The Bertz CT molecular complexity index is 160. The van der Waals surface area contributed by atoms with Crippen LogP contribution < -0.4 is 21.7 Å². The molecule has 0 aromatic carbocycles. The third-order valence-electron chi connectivity index (χ3n) is 0.820. The molecule has 0 fully saturated rings. The Morgan fingerprint density at radius 3 is 1.83 bits per heavy atom. The zero-order valence-corrected chi connectivity index (χ0v) is 5.90. The van der Waals surface area contributed by atoms with E-state index in [0.29, 0.717) is 0 Å². The Labute approximate surface area is 67.3 Å². The maximum atomic E-state index is 10.3. The van der Waals surface area contributed by atoms with Crippen molar-refractivity contribution in [2.45, 2.75) is 6.17 Å². The minimum Gasteiger partial charge on any atom is -0.479 e. The van der Waals surface area contributed by atoms with Crippen molar-refractivity contribution in [2.75, 3.05) is 0 Å². The molecule has 0 spiro atoms. The van der Waals surface area contributed by atoms with Gasteiger partial charge in [0.25, 0.3) is 0 Å². The maximum Gasteiger partial charge on any atom is 0.338 e. The Hall–Kier alpha value is -1.67. The second-order valence-corrected chi connectivity index (χ2v) is 1.58. The van der Waals surface area contributed by atoms with Crippen molar-refractivity contribution in [3.8, 4) is 0 Å². The molecule has 12 heavy (non-hydrogen) atoms. The molecule has 0 saturated heterocycles. The number of carbonyl (C=O) groups excluding carboxylic acids is 2. The summed E-state index contributed by atoms with van der Waals surface area (Å²) in [6.07, 6.45) is -0.753. The molecular formula is C4H8N4O4. The van der Waals surface area contributed by atoms with Crippen LogP contribution in [0.3, 0.4) is 0 Å². The first-order valence-corrected chi connectivity index (χ1v) is 2.84. The molecule has 0 aromatic rings. The lowest BCUT2D eigenvalue weighted by molar-refractivity contribution is -0.141. The average molecular weight is 176 g/mol. The van der Waals surface area contributed by atoms with Crippen molar-refractivity contribution in [1.82, 2.24) is 21.7 Å². The SMILES string of the molecule is O=CNNC(NNC=O)C(=O)O. The van der Waals surface area contributed by atoms with Crippen molar-refractivity contribution in [3.05, 3.63) is 0 Å². The lowest BCUT2D eigenvalue weighted by Crippen LogP contribution is -2.57. The van der Waals surface area contributed by atoms with E-state index in [4.69, 9.17) is 5.11 Å². The fraction of sp³-hybridized carbons (Fsp3) is 0.250. The average Bonchev–Trinajstić information content (AvgIpc) is 2.04. The number of carbonyl (C=O) groups is 3. The summed E-state index contributed by atoms with van der Waals surface area (Å²) < 4.78 is 0. The summed E-state index contributed by atoms with van der Waals surface area (Å²) in [5.74, 6) is -1.28. The zero-order chi connectivity index (χ0) is 9.40. The van der Waals surface area contributed by atoms with E-state index < -0.39 is 12.1 Å². The zero-order valence-electron chi connectivity index (χ0n) is 5.90. The highest BCUT2D eigenvalue weighted by Crippen LogP contribution is 1.70. The van der Waals surface area contributed by atoms with E-state index in [2.05, 4.69) is 10.9 Å². The Morgan fingerprint density at radius 2 is 1.58 bits per heavy atom. The predicted octanol–water partition coefficient (Wildman–Crippen LogP) is -3.10. The summed E-state index contributed by atoms with van der Waals surface area (Å²) in [6.45, 7) is 0. The first kappa shape index (κ1) is 10.3. The Morgan fingerprint density at radius 1 is 1.17 bits per heavy atom. The van der Waals surface area contributed by atoms with Crippen LogP contribution in [0.5, 0.6) is 0 Å². The van der Waals surface area contributed by atoms with Gasteiger partial charge < -0.3 is 5.11 Å². The van der Waals surface area contributed by atoms with Crippen molar-refractivity contribution >= 4 is 18.8 Å². The Balaban J connectivity index is 3.77. The smallest absolute Gasteiger partial charge is 0.338 e. The van der Waals surface area contributed by atoms with Crippen LogP contribution in [0.2, 0.25) is 0 Å². The summed E-state index contributed by atoms with van der Waals surface area (Å²) in [5.41, 5.74) is 7.92. The quantitative estimate of drug-likeness (QED) is 0.159. The maximum absolute atomic E-state index is 10.3. The fourth-order valence-corrected chi connectivity index (χ4v) is 0.394. The topological polar surface area (TPSA) is 120 Å². The van der Waals surface area contributed by atoms with Gasteiger partial charge in [-0.3, -0.25) is 20.4 Å². The molecule has 5 N–H and O–H groups in total. The van der Waals surface area contributed by atoms with Gasteiger partial charge in [0, 0.05) is 0 Å². The number of hydrogen-bond donors (Lipinski definition) is 5. The van der Waals surface area contributed by atoms with Crippen LogP contribution in [0.4, 0.5) is 0 Å². The second-order valence-electron chi connectivity index (χ2n) is 1.58. The summed E-state index contributed by atoms with van der Waals surface area (Å²) in [7, 11) is 0. The van der Waals surface area contributed by atoms with E-state index in [1.807, 2.05) is 10.9 Å². The third kappa shape index (κ3) is 4.19. The van der Waals surface area contributed by atoms with Gasteiger partial charge in [-0.1, -0.05) is 0 Å². The van der Waals surface area contributed by atoms with Crippen molar-refractivity contribution in [2.24, 2.45) is 0 Å². The van der Waals surface area contributed by atoms with Crippen molar-refractivity contribution in [3.63, 3.8) is 0 Å². The number of amides is 2. The molecule has 8 nitrogen and oxygen atoms in total. The highest BCUT2D eigenvalue weighted by atomic mass is 16.4. The normalized spacial score (nSPS) is 9.08. The number of aliphatic carboxylic acids is 1.